The Kier molecular flexibility index (Phi) is 8.54. The molecule has 23 heavy (non-hydrogen) atoms. The molecule has 3 nitrogen and oxygen atoms in total. The Labute approximate surface area is 135 Å². The van der Waals surface area contributed by atoms with Gasteiger partial charge in [0, 0.05) is 0 Å². The van der Waals surface area contributed by atoms with E-state index in [1.165, 1.54) is 0 Å². The Morgan fingerprint density at radius 3 is 1.74 bits per heavy atom. The van der Waals surface area contributed by atoms with Crippen molar-refractivity contribution < 1.29 is 31.5 Å². The third kappa shape index (κ3) is 6.34. The summed E-state index contributed by atoms with van der Waals surface area (Å²) in [6.07, 6.45) is 0. The van der Waals surface area contributed by atoms with Crippen molar-refractivity contribution in [1.82, 2.24) is 4.72 Å². The van der Waals surface area contributed by atoms with Gasteiger partial charge in [0.05, 0.1) is 0 Å². The standard InChI is InChI=1S/C12H12F5NO2S.C2H6/c1-12(2,3)20-5(19)4-18-21-11-9(16)7(14)6(13)8(15)10(11)17;1-2/h18H,4H2,1-3H3;1-2H3. The van der Waals surface area contributed by atoms with Gasteiger partial charge in [0.2, 0.25) is 5.82 Å². The first-order valence-corrected chi connectivity index (χ1v) is 7.49. The fraction of sp³-hybridized carbons (Fsp3) is 0.500. The normalized spacial score (nSPS) is 10.9. The van der Waals surface area contributed by atoms with Gasteiger partial charge in [-0.1, -0.05) is 13.8 Å². The molecule has 0 atom stereocenters. The highest BCUT2D eigenvalue weighted by Crippen LogP contribution is 2.29. The van der Waals surface area contributed by atoms with E-state index < -0.39 is 52.1 Å². The molecule has 0 heterocycles. The predicted molar refractivity (Wildman–Crippen MR) is 77.3 cm³/mol. The van der Waals surface area contributed by atoms with E-state index in [0.29, 0.717) is 0 Å². The number of hydrogen-bond acceptors (Lipinski definition) is 4. The van der Waals surface area contributed by atoms with E-state index >= 15 is 0 Å². The van der Waals surface area contributed by atoms with Crippen LogP contribution in [0.5, 0.6) is 0 Å². The topological polar surface area (TPSA) is 38.3 Å². The van der Waals surface area contributed by atoms with Gasteiger partial charge >= 0.3 is 5.97 Å². The molecule has 1 rings (SSSR count). The number of carbonyl (C=O) groups is 1. The maximum atomic E-state index is 13.3. The first-order chi connectivity index (χ1) is 10.5. The fourth-order valence-electron chi connectivity index (χ4n) is 1.22. The number of rotatable bonds is 4. The lowest BCUT2D eigenvalue weighted by Gasteiger charge is -2.19. The quantitative estimate of drug-likeness (QED) is 0.285. The van der Waals surface area contributed by atoms with Crippen molar-refractivity contribution in [2.45, 2.75) is 45.1 Å². The lowest BCUT2D eigenvalue weighted by Crippen LogP contribution is -2.29. The second-order valence-corrected chi connectivity index (χ2v) is 5.81. The number of benzene rings is 1. The summed E-state index contributed by atoms with van der Waals surface area (Å²) in [4.78, 5) is 10.2. The molecular weight excluding hydrogens is 341 g/mol. The first kappa shape index (κ1) is 21.6. The zero-order chi connectivity index (χ0) is 18.4. The third-order valence-corrected chi connectivity index (χ3v) is 2.83. The SMILES string of the molecule is CC.CC(C)(C)OC(=O)CNSc1c(F)c(F)c(F)c(F)c1F. The van der Waals surface area contributed by atoms with E-state index in [9.17, 15) is 26.7 Å². The number of carbonyl (C=O) groups excluding carboxylic acids is 1. The van der Waals surface area contributed by atoms with Crippen LogP contribution in [0.2, 0.25) is 0 Å². The minimum atomic E-state index is -2.23. The Balaban J connectivity index is 0.00000232. The van der Waals surface area contributed by atoms with Crippen LogP contribution in [0.1, 0.15) is 34.6 Å². The van der Waals surface area contributed by atoms with Gasteiger partial charge in [-0.3, -0.25) is 4.79 Å². The molecule has 0 aliphatic rings. The van der Waals surface area contributed by atoms with Crippen LogP contribution in [-0.2, 0) is 9.53 Å². The molecule has 0 fully saturated rings. The summed E-state index contributed by atoms with van der Waals surface area (Å²) < 4.78 is 72.3. The van der Waals surface area contributed by atoms with Crippen molar-refractivity contribution in [3.8, 4) is 0 Å². The van der Waals surface area contributed by atoms with Crippen LogP contribution in [0.4, 0.5) is 22.0 Å². The maximum Gasteiger partial charge on any atom is 0.321 e. The average molecular weight is 359 g/mol. The summed E-state index contributed by atoms with van der Waals surface area (Å²) in [6, 6.07) is 0. The second-order valence-electron chi connectivity index (χ2n) is 4.91. The summed E-state index contributed by atoms with van der Waals surface area (Å²) in [5, 5.41) is 0. The van der Waals surface area contributed by atoms with Crippen LogP contribution in [0.15, 0.2) is 4.90 Å². The van der Waals surface area contributed by atoms with Gasteiger partial charge in [0.1, 0.15) is 17.0 Å². The van der Waals surface area contributed by atoms with E-state index in [-0.39, 0.29) is 11.9 Å². The van der Waals surface area contributed by atoms with E-state index in [1.54, 1.807) is 20.8 Å². The first-order valence-electron chi connectivity index (χ1n) is 6.67. The molecule has 0 unspecified atom stereocenters. The number of esters is 1. The van der Waals surface area contributed by atoms with Crippen LogP contribution in [-0.4, -0.2) is 18.1 Å². The minimum absolute atomic E-state index is 0.118. The zero-order valence-corrected chi connectivity index (χ0v) is 14.1. The summed E-state index contributed by atoms with van der Waals surface area (Å²) in [5.41, 5.74) is -0.756. The second kappa shape index (κ2) is 9.07. The van der Waals surface area contributed by atoms with Crippen LogP contribution in [0.3, 0.4) is 0 Å². The molecule has 0 amide bonds. The molecule has 0 aliphatic carbocycles. The van der Waals surface area contributed by atoms with Crippen molar-refractivity contribution in [3.63, 3.8) is 0 Å². The average Bonchev–Trinajstić information content (AvgIpc) is 2.47. The van der Waals surface area contributed by atoms with Crippen molar-refractivity contribution in [3.05, 3.63) is 29.1 Å². The Hall–Kier alpha value is -1.35. The molecule has 1 N–H and O–H groups in total. The number of nitrogens with one attached hydrogen (secondary N) is 1. The van der Waals surface area contributed by atoms with Gasteiger partial charge in [-0.2, -0.15) is 0 Å². The summed E-state index contributed by atoms with van der Waals surface area (Å²) in [6.45, 7) is 8.37. The smallest absolute Gasteiger partial charge is 0.321 e. The molecular formula is C14H18F5NO2S. The monoisotopic (exact) mass is 359 g/mol. The number of hydrogen-bond donors (Lipinski definition) is 1. The molecule has 0 aliphatic heterocycles. The molecule has 0 saturated heterocycles. The molecule has 132 valence electrons. The Bertz CT molecular complexity index is 532. The molecule has 1 aromatic rings. The van der Waals surface area contributed by atoms with E-state index in [4.69, 9.17) is 4.74 Å². The highest BCUT2D eigenvalue weighted by atomic mass is 32.2. The minimum Gasteiger partial charge on any atom is -0.459 e. The van der Waals surface area contributed by atoms with E-state index in [0.717, 1.165) is 0 Å². The van der Waals surface area contributed by atoms with Gasteiger partial charge in [-0.25, -0.2) is 26.7 Å². The van der Waals surface area contributed by atoms with Gasteiger partial charge in [-0.15, -0.1) is 0 Å². The molecule has 1 aromatic carbocycles. The van der Waals surface area contributed by atoms with Gasteiger partial charge in [-0.05, 0) is 32.7 Å². The summed E-state index contributed by atoms with van der Waals surface area (Å²) >= 11 is 0.118. The van der Waals surface area contributed by atoms with Crippen molar-refractivity contribution in [2.75, 3.05) is 6.54 Å². The Morgan fingerprint density at radius 1 is 0.957 bits per heavy atom. The molecule has 0 saturated carbocycles. The lowest BCUT2D eigenvalue weighted by molar-refractivity contribution is -0.153. The molecule has 0 spiro atoms. The van der Waals surface area contributed by atoms with Crippen LogP contribution < -0.4 is 4.72 Å². The van der Waals surface area contributed by atoms with Crippen LogP contribution >= 0.6 is 11.9 Å². The number of ether oxygens (including phenoxy) is 1. The van der Waals surface area contributed by atoms with E-state index in [2.05, 4.69) is 4.72 Å². The van der Waals surface area contributed by atoms with Gasteiger partial charge in [0.25, 0.3) is 0 Å². The van der Waals surface area contributed by atoms with Crippen LogP contribution in [0, 0.1) is 29.1 Å². The van der Waals surface area contributed by atoms with Crippen molar-refractivity contribution >= 4 is 17.9 Å². The predicted octanol–water partition coefficient (Wildman–Crippen LogP) is 4.35. The Morgan fingerprint density at radius 2 is 1.35 bits per heavy atom. The van der Waals surface area contributed by atoms with Gasteiger partial charge < -0.3 is 4.74 Å². The van der Waals surface area contributed by atoms with Crippen molar-refractivity contribution in [1.29, 1.82) is 0 Å². The van der Waals surface area contributed by atoms with E-state index in [1.807, 2.05) is 13.8 Å². The van der Waals surface area contributed by atoms with Gasteiger partial charge in [0.15, 0.2) is 23.3 Å². The molecule has 0 radical (unpaired) electrons. The molecule has 9 heteroatoms. The molecule has 0 aromatic heterocycles. The van der Waals surface area contributed by atoms with Crippen LogP contribution in [0.25, 0.3) is 0 Å². The highest BCUT2D eigenvalue weighted by molar-refractivity contribution is 7.97. The summed E-state index contributed by atoms with van der Waals surface area (Å²) in [5.74, 6) is -11.0. The highest BCUT2D eigenvalue weighted by Gasteiger charge is 2.26. The fourth-order valence-corrected chi connectivity index (χ4v) is 1.91. The zero-order valence-electron chi connectivity index (χ0n) is 13.3. The molecule has 0 bridgehead atoms. The third-order valence-electron chi connectivity index (χ3n) is 1.98. The summed E-state index contributed by atoms with van der Waals surface area (Å²) in [7, 11) is 0. The number of halogens is 5. The largest absolute Gasteiger partial charge is 0.459 e. The lowest BCUT2D eigenvalue weighted by atomic mass is 10.2. The maximum absolute atomic E-state index is 13.3. The van der Waals surface area contributed by atoms with Crippen molar-refractivity contribution in [2.24, 2.45) is 0 Å².